The van der Waals surface area contributed by atoms with Crippen LogP contribution in [0.2, 0.25) is 0 Å². The van der Waals surface area contributed by atoms with Crippen LogP contribution in [0.15, 0.2) is 23.9 Å². The van der Waals surface area contributed by atoms with E-state index in [4.69, 9.17) is 4.74 Å². The number of nitrogens with zero attached hydrogens (tertiary/aromatic N) is 1. The number of carbonyl (C=O) groups excluding carboxylic acids is 1. The highest BCUT2D eigenvalue weighted by atomic mass is 32.1. The van der Waals surface area contributed by atoms with E-state index in [1.807, 2.05) is 6.20 Å². The Morgan fingerprint density at radius 1 is 1.55 bits per heavy atom. The highest BCUT2D eigenvalue weighted by molar-refractivity contribution is 7.17. The minimum atomic E-state index is -0.314. The molecule has 1 aliphatic rings. The van der Waals surface area contributed by atoms with Crippen molar-refractivity contribution in [2.75, 3.05) is 12.0 Å². The van der Waals surface area contributed by atoms with Gasteiger partial charge in [-0.05, 0) is 38.7 Å². The number of hydrogen-bond donors (Lipinski definition) is 2. The average molecular weight is 293 g/mol. The lowest BCUT2D eigenvalue weighted by Gasteiger charge is -2.09. The Hall–Kier alpha value is -1.82. The molecule has 0 aromatic carbocycles. The van der Waals surface area contributed by atoms with Gasteiger partial charge in [0.25, 0.3) is 0 Å². The van der Waals surface area contributed by atoms with E-state index >= 15 is 0 Å². The second kappa shape index (κ2) is 7.09. The number of hydrazine groups is 1. The van der Waals surface area contributed by atoms with E-state index < -0.39 is 0 Å². The Bertz CT molecular complexity index is 535. The van der Waals surface area contributed by atoms with Crippen molar-refractivity contribution >= 4 is 22.4 Å². The molecule has 1 aromatic rings. The summed E-state index contributed by atoms with van der Waals surface area (Å²) in [6.45, 7) is 3.97. The van der Waals surface area contributed by atoms with Gasteiger partial charge in [0.15, 0.2) is 0 Å². The largest absolute Gasteiger partial charge is 0.462 e. The van der Waals surface area contributed by atoms with Crippen LogP contribution >= 0.6 is 11.3 Å². The number of ether oxygens (including phenoxy) is 1. The summed E-state index contributed by atoms with van der Waals surface area (Å²) in [4.78, 5) is 16.5. The number of nitrogens with one attached hydrogen (secondary N) is 2. The smallest absolute Gasteiger partial charge is 0.350 e. The lowest BCUT2D eigenvalue weighted by Crippen LogP contribution is -2.15. The van der Waals surface area contributed by atoms with Crippen LogP contribution in [0.5, 0.6) is 0 Å². The Morgan fingerprint density at radius 3 is 3.10 bits per heavy atom. The first-order chi connectivity index (χ1) is 9.70. The molecule has 2 rings (SSSR count). The third kappa shape index (κ3) is 3.84. The van der Waals surface area contributed by atoms with Crippen LogP contribution in [0.4, 0.5) is 5.13 Å². The maximum atomic E-state index is 11.7. The minimum absolute atomic E-state index is 0.314. The fourth-order valence-corrected chi connectivity index (χ4v) is 2.71. The average Bonchev–Trinajstić information content (AvgIpc) is 2.81. The van der Waals surface area contributed by atoms with E-state index in [2.05, 4.69) is 28.0 Å². The maximum Gasteiger partial charge on any atom is 0.350 e. The molecule has 0 aliphatic heterocycles. The van der Waals surface area contributed by atoms with Crippen molar-refractivity contribution in [3.8, 4) is 0 Å². The van der Waals surface area contributed by atoms with Crippen molar-refractivity contribution in [3.05, 3.63) is 34.5 Å². The molecule has 5 nitrogen and oxygen atoms in total. The molecule has 0 atom stereocenters. The van der Waals surface area contributed by atoms with Crippen LogP contribution in [0.3, 0.4) is 0 Å². The summed E-state index contributed by atoms with van der Waals surface area (Å²) in [5, 5.41) is 0.661. The Kier molecular flexibility index (Phi) is 5.17. The van der Waals surface area contributed by atoms with Crippen molar-refractivity contribution in [3.63, 3.8) is 0 Å². The first kappa shape index (κ1) is 14.6. The molecule has 0 amide bonds. The van der Waals surface area contributed by atoms with Crippen LogP contribution in [-0.2, 0) is 4.74 Å². The molecule has 2 N–H and O–H groups in total. The summed E-state index contributed by atoms with van der Waals surface area (Å²) in [6, 6.07) is 0. The molecule has 108 valence electrons. The predicted octanol–water partition coefficient (Wildman–Crippen LogP) is 3.17. The zero-order valence-corrected chi connectivity index (χ0v) is 12.5. The van der Waals surface area contributed by atoms with Gasteiger partial charge in [-0.1, -0.05) is 23.5 Å². The van der Waals surface area contributed by atoms with Crippen LogP contribution < -0.4 is 10.9 Å². The van der Waals surface area contributed by atoms with E-state index in [1.165, 1.54) is 16.9 Å². The molecular formula is C14H19N3O2S. The molecule has 6 heteroatoms. The topological polar surface area (TPSA) is 63.2 Å². The maximum absolute atomic E-state index is 11.7. The first-order valence-electron chi connectivity index (χ1n) is 6.69. The normalized spacial score (nSPS) is 16.2. The molecule has 0 spiro atoms. The molecule has 1 heterocycles. The van der Waals surface area contributed by atoms with Gasteiger partial charge in [0.2, 0.25) is 5.13 Å². The van der Waals surface area contributed by atoms with Crippen LogP contribution in [0.1, 0.15) is 41.6 Å². The molecule has 1 aromatic heterocycles. The fourth-order valence-electron chi connectivity index (χ4n) is 1.89. The minimum Gasteiger partial charge on any atom is -0.462 e. The van der Waals surface area contributed by atoms with Crippen molar-refractivity contribution in [2.24, 2.45) is 0 Å². The standard InChI is InChI=1S/C14H19N3O2S/c1-3-19-13(18)12-10(2)16-14(20-12)17-15-9-11-7-5-4-6-8-11/h4-5,9,15H,3,6-8H2,1-2H3,(H,16,17)/b11-9+. The number of anilines is 1. The molecule has 20 heavy (non-hydrogen) atoms. The van der Waals surface area contributed by atoms with Crippen molar-refractivity contribution in [1.29, 1.82) is 0 Å². The first-order valence-corrected chi connectivity index (χ1v) is 7.51. The summed E-state index contributed by atoms with van der Waals surface area (Å²) in [5.74, 6) is -0.314. The number of esters is 1. The second-order valence-electron chi connectivity index (χ2n) is 4.44. The van der Waals surface area contributed by atoms with Gasteiger partial charge in [-0.3, -0.25) is 5.43 Å². The summed E-state index contributed by atoms with van der Waals surface area (Å²) in [6.07, 6.45) is 9.49. The molecule has 1 aliphatic carbocycles. The summed E-state index contributed by atoms with van der Waals surface area (Å²) >= 11 is 1.29. The molecule has 0 saturated carbocycles. The lowest BCUT2D eigenvalue weighted by atomic mass is 10.0. The SMILES string of the molecule is CCOC(=O)c1sc(NN/C=C2\CC=CCC2)nc1C. The third-order valence-corrected chi connectivity index (χ3v) is 3.94. The summed E-state index contributed by atoms with van der Waals surface area (Å²) in [7, 11) is 0. The molecule has 0 radical (unpaired) electrons. The van der Waals surface area contributed by atoms with Crippen molar-refractivity contribution < 1.29 is 9.53 Å². The number of aromatic nitrogens is 1. The number of thiazole rings is 1. The van der Waals surface area contributed by atoms with E-state index in [9.17, 15) is 4.79 Å². The predicted molar refractivity (Wildman–Crippen MR) is 80.6 cm³/mol. The van der Waals surface area contributed by atoms with Gasteiger partial charge in [0, 0.05) is 6.20 Å². The molecule has 0 bridgehead atoms. The number of carbonyl (C=O) groups is 1. The highest BCUT2D eigenvalue weighted by Crippen LogP contribution is 2.23. The highest BCUT2D eigenvalue weighted by Gasteiger charge is 2.15. The monoisotopic (exact) mass is 293 g/mol. The van der Waals surface area contributed by atoms with E-state index in [0.29, 0.717) is 22.3 Å². The number of allylic oxidation sites excluding steroid dienone is 3. The summed E-state index contributed by atoms with van der Waals surface area (Å²) < 4.78 is 4.99. The van der Waals surface area contributed by atoms with Gasteiger partial charge in [0.1, 0.15) is 4.88 Å². The third-order valence-electron chi connectivity index (χ3n) is 2.89. The molecule has 0 unspecified atom stereocenters. The molecule has 0 fully saturated rings. The van der Waals surface area contributed by atoms with E-state index in [0.717, 1.165) is 19.3 Å². The van der Waals surface area contributed by atoms with Crippen LogP contribution in [0.25, 0.3) is 0 Å². The number of aryl methyl sites for hydroxylation is 1. The van der Waals surface area contributed by atoms with Gasteiger partial charge in [0.05, 0.1) is 12.3 Å². The lowest BCUT2D eigenvalue weighted by molar-refractivity contribution is 0.0531. The fraction of sp³-hybridized carbons (Fsp3) is 0.429. The van der Waals surface area contributed by atoms with Gasteiger partial charge in [-0.25, -0.2) is 9.78 Å². The van der Waals surface area contributed by atoms with Crippen LogP contribution in [0, 0.1) is 6.92 Å². The second-order valence-corrected chi connectivity index (χ2v) is 5.44. The quantitative estimate of drug-likeness (QED) is 0.496. The number of hydrogen-bond acceptors (Lipinski definition) is 6. The van der Waals surface area contributed by atoms with Crippen LogP contribution in [-0.4, -0.2) is 17.6 Å². The summed E-state index contributed by atoms with van der Waals surface area (Å²) in [5.41, 5.74) is 8.06. The van der Waals surface area contributed by atoms with Crippen molar-refractivity contribution in [2.45, 2.75) is 33.1 Å². The zero-order valence-electron chi connectivity index (χ0n) is 11.7. The van der Waals surface area contributed by atoms with Gasteiger partial charge < -0.3 is 10.2 Å². The van der Waals surface area contributed by atoms with Crippen molar-refractivity contribution in [1.82, 2.24) is 10.4 Å². The molecular weight excluding hydrogens is 274 g/mol. The zero-order chi connectivity index (χ0) is 14.4. The number of rotatable bonds is 5. The molecule has 0 saturated heterocycles. The van der Waals surface area contributed by atoms with Gasteiger partial charge >= 0.3 is 5.97 Å². The Morgan fingerprint density at radius 2 is 2.40 bits per heavy atom. The van der Waals surface area contributed by atoms with Gasteiger partial charge in [-0.2, -0.15) is 0 Å². The van der Waals surface area contributed by atoms with E-state index in [1.54, 1.807) is 13.8 Å². The Labute approximate surface area is 122 Å². The van der Waals surface area contributed by atoms with Gasteiger partial charge in [-0.15, -0.1) is 0 Å². The van der Waals surface area contributed by atoms with E-state index in [-0.39, 0.29) is 5.97 Å². The Balaban J connectivity index is 1.92.